The van der Waals surface area contributed by atoms with Crippen LogP contribution in [0.4, 0.5) is 0 Å². The van der Waals surface area contributed by atoms with Gasteiger partial charge in [0.25, 0.3) is 5.91 Å². The molecule has 0 spiro atoms. The average molecular weight is 384 g/mol. The fourth-order valence-electron chi connectivity index (χ4n) is 3.19. The quantitative estimate of drug-likeness (QED) is 0.511. The van der Waals surface area contributed by atoms with Gasteiger partial charge in [0.05, 0.1) is 24.6 Å². The Balaban J connectivity index is 1.61. The van der Waals surface area contributed by atoms with Crippen molar-refractivity contribution in [2.45, 2.75) is 12.6 Å². The van der Waals surface area contributed by atoms with E-state index >= 15 is 0 Å². The maximum atomic E-state index is 12.8. The molecule has 4 rings (SSSR count). The zero-order valence-electron chi connectivity index (χ0n) is 16.0. The molecule has 0 radical (unpaired) electrons. The summed E-state index contributed by atoms with van der Waals surface area (Å²) in [7, 11) is 1.71. The Hall–Kier alpha value is -3.87. The van der Waals surface area contributed by atoms with Crippen molar-refractivity contribution in [2.24, 2.45) is 0 Å². The highest BCUT2D eigenvalue weighted by Gasteiger charge is 2.22. The van der Waals surface area contributed by atoms with Gasteiger partial charge >= 0.3 is 0 Å². The van der Waals surface area contributed by atoms with E-state index in [1.165, 1.54) is 0 Å². The second-order valence-electron chi connectivity index (χ2n) is 6.67. The predicted molar refractivity (Wildman–Crippen MR) is 108 cm³/mol. The molecule has 0 aliphatic heterocycles. The summed E-state index contributed by atoms with van der Waals surface area (Å²) in [5, 5.41) is 8.41. The summed E-state index contributed by atoms with van der Waals surface area (Å²) >= 11 is 0. The third-order valence-corrected chi connectivity index (χ3v) is 4.59. The Labute approximate surface area is 168 Å². The molecule has 0 fully saturated rings. The Kier molecular flexibility index (Phi) is 5.38. The van der Waals surface area contributed by atoms with E-state index in [4.69, 9.17) is 0 Å². The molecule has 7 nitrogen and oxygen atoms in total. The lowest BCUT2D eigenvalue weighted by Gasteiger charge is -2.18. The molecule has 4 aromatic rings. The van der Waals surface area contributed by atoms with Gasteiger partial charge in [-0.15, -0.1) is 5.10 Å². The lowest BCUT2D eigenvalue weighted by atomic mass is 9.99. The molecular formula is C22H20N6O. The first-order valence-corrected chi connectivity index (χ1v) is 9.24. The highest BCUT2D eigenvalue weighted by molar-refractivity contribution is 5.91. The smallest absolute Gasteiger partial charge is 0.276 e. The van der Waals surface area contributed by atoms with Crippen molar-refractivity contribution in [1.29, 1.82) is 0 Å². The molecular weight excluding hydrogens is 364 g/mol. The number of nitrogens with zero attached hydrogens (tertiary/aromatic N) is 6. The van der Waals surface area contributed by atoms with Crippen LogP contribution in [-0.4, -0.2) is 42.8 Å². The van der Waals surface area contributed by atoms with E-state index < -0.39 is 0 Å². The van der Waals surface area contributed by atoms with Gasteiger partial charge in [0.1, 0.15) is 6.04 Å². The van der Waals surface area contributed by atoms with Crippen LogP contribution in [-0.2, 0) is 6.54 Å². The number of hydrogen-bond acceptors (Lipinski definition) is 5. The number of benzene rings is 2. The highest BCUT2D eigenvalue weighted by atomic mass is 16.2. The van der Waals surface area contributed by atoms with Crippen LogP contribution in [0.25, 0.3) is 0 Å². The molecule has 0 unspecified atom stereocenters. The van der Waals surface area contributed by atoms with Gasteiger partial charge in [0.2, 0.25) is 0 Å². The minimum absolute atomic E-state index is 0.170. The minimum atomic E-state index is -0.221. The molecule has 2 aromatic heterocycles. The molecule has 2 heterocycles. The molecule has 7 heteroatoms. The third kappa shape index (κ3) is 4.19. The van der Waals surface area contributed by atoms with Crippen LogP contribution in [0, 0.1) is 0 Å². The molecule has 1 amide bonds. The second-order valence-corrected chi connectivity index (χ2v) is 6.67. The molecule has 2 aromatic carbocycles. The van der Waals surface area contributed by atoms with Crippen molar-refractivity contribution in [3.8, 4) is 0 Å². The van der Waals surface area contributed by atoms with E-state index in [9.17, 15) is 4.79 Å². The maximum Gasteiger partial charge on any atom is 0.276 e. The monoisotopic (exact) mass is 384 g/mol. The van der Waals surface area contributed by atoms with Gasteiger partial charge in [-0.25, -0.2) is 4.68 Å². The van der Waals surface area contributed by atoms with Crippen molar-refractivity contribution >= 4 is 5.91 Å². The van der Waals surface area contributed by atoms with Gasteiger partial charge in [-0.3, -0.25) is 14.8 Å². The molecule has 0 aliphatic rings. The SMILES string of the molecule is CN(Cc1cnccn1)C(=O)c1cn(C(c2ccccc2)c2ccccc2)nn1. The van der Waals surface area contributed by atoms with Gasteiger partial charge in [-0.05, 0) is 11.1 Å². The lowest BCUT2D eigenvalue weighted by Crippen LogP contribution is -2.27. The van der Waals surface area contributed by atoms with Crippen molar-refractivity contribution < 1.29 is 4.79 Å². The summed E-state index contributed by atoms with van der Waals surface area (Å²) < 4.78 is 1.73. The molecule has 0 atom stereocenters. The number of hydrogen-bond donors (Lipinski definition) is 0. The van der Waals surface area contributed by atoms with E-state index in [0.29, 0.717) is 12.2 Å². The van der Waals surface area contributed by atoms with E-state index in [2.05, 4.69) is 20.3 Å². The fraction of sp³-hybridized carbons (Fsp3) is 0.136. The molecule has 0 saturated carbocycles. The van der Waals surface area contributed by atoms with E-state index in [1.807, 2.05) is 60.7 Å². The summed E-state index contributed by atoms with van der Waals surface area (Å²) in [5.41, 5.74) is 3.13. The molecule has 29 heavy (non-hydrogen) atoms. The van der Waals surface area contributed by atoms with Gasteiger partial charge in [0.15, 0.2) is 5.69 Å². The molecule has 0 saturated heterocycles. The molecule has 0 bridgehead atoms. The molecule has 144 valence electrons. The number of carbonyl (C=O) groups is 1. The largest absolute Gasteiger partial charge is 0.334 e. The first kappa shape index (κ1) is 18.5. The van der Waals surface area contributed by atoms with E-state index in [0.717, 1.165) is 11.1 Å². The normalized spacial score (nSPS) is 10.8. The van der Waals surface area contributed by atoms with Gasteiger partial charge in [0, 0.05) is 19.4 Å². The first-order valence-electron chi connectivity index (χ1n) is 9.24. The van der Waals surface area contributed by atoms with Gasteiger partial charge in [-0.1, -0.05) is 65.9 Å². The van der Waals surface area contributed by atoms with Crippen LogP contribution in [0.3, 0.4) is 0 Å². The Morgan fingerprint density at radius 1 is 1.00 bits per heavy atom. The van der Waals surface area contributed by atoms with Crippen LogP contribution in [0.5, 0.6) is 0 Å². The summed E-state index contributed by atoms with van der Waals surface area (Å²) in [6.45, 7) is 0.348. The summed E-state index contributed by atoms with van der Waals surface area (Å²) in [5.74, 6) is -0.221. The summed E-state index contributed by atoms with van der Waals surface area (Å²) in [6.07, 6.45) is 6.54. The van der Waals surface area contributed by atoms with Crippen LogP contribution >= 0.6 is 0 Å². The summed E-state index contributed by atoms with van der Waals surface area (Å²) in [6, 6.07) is 19.9. The van der Waals surface area contributed by atoms with Crippen LogP contribution in [0.15, 0.2) is 85.5 Å². The second kappa shape index (κ2) is 8.43. The average Bonchev–Trinajstić information content (AvgIpc) is 3.25. The van der Waals surface area contributed by atoms with Gasteiger partial charge in [-0.2, -0.15) is 0 Å². The van der Waals surface area contributed by atoms with Crippen molar-refractivity contribution in [3.63, 3.8) is 0 Å². The lowest BCUT2D eigenvalue weighted by molar-refractivity contribution is 0.0777. The number of aromatic nitrogens is 5. The number of rotatable bonds is 6. The standard InChI is InChI=1S/C22H20N6O/c1-27(15-19-14-23-12-13-24-19)22(29)20-16-28(26-25-20)21(17-8-4-2-5-9-17)18-10-6-3-7-11-18/h2-14,16,21H,15H2,1H3. The predicted octanol–water partition coefficient (Wildman–Crippen LogP) is 2.98. The zero-order valence-corrected chi connectivity index (χ0v) is 16.0. The third-order valence-electron chi connectivity index (χ3n) is 4.59. The van der Waals surface area contributed by atoms with E-state index in [-0.39, 0.29) is 17.6 Å². The van der Waals surface area contributed by atoms with E-state index in [1.54, 1.807) is 41.4 Å². The fourth-order valence-corrected chi connectivity index (χ4v) is 3.19. The Morgan fingerprint density at radius 3 is 2.24 bits per heavy atom. The van der Waals surface area contributed by atoms with Crippen molar-refractivity contribution in [3.05, 3.63) is 108 Å². The zero-order chi connectivity index (χ0) is 20.1. The summed E-state index contributed by atoms with van der Waals surface area (Å²) in [4.78, 5) is 22.6. The maximum absolute atomic E-state index is 12.8. The number of amides is 1. The molecule has 0 N–H and O–H groups in total. The van der Waals surface area contributed by atoms with Gasteiger partial charge < -0.3 is 4.90 Å². The first-order chi connectivity index (χ1) is 14.2. The highest BCUT2D eigenvalue weighted by Crippen LogP contribution is 2.25. The van der Waals surface area contributed by atoms with Crippen molar-refractivity contribution in [2.75, 3.05) is 7.05 Å². The van der Waals surface area contributed by atoms with Crippen LogP contribution in [0.1, 0.15) is 33.4 Å². The Morgan fingerprint density at radius 2 is 1.66 bits per heavy atom. The minimum Gasteiger partial charge on any atom is -0.334 e. The topological polar surface area (TPSA) is 76.8 Å². The molecule has 0 aliphatic carbocycles. The number of carbonyl (C=O) groups excluding carboxylic acids is 1. The van der Waals surface area contributed by atoms with Crippen LogP contribution < -0.4 is 0 Å². The van der Waals surface area contributed by atoms with Crippen LogP contribution in [0.2, 0.25) is 0 Å². The Bertz CT molecular complexity index is 1030. The van der Waals surface area contributed by atoms with Crippen molar-refractivity contribution in [1.82, 2.24) is 29.9 Å².